The van der Waals surface area contributed by atoms with E-state index in [0.29, 0.717) is 41.9 Å². The van der Waals surface area contributed by atoms with Crippen LogP contribution in [0.25, 0.3) is 5.57 Å². The van der Waals surface area contributed by atoms with Gasteiger partial charge >= 0.3 is 12.2 Å². The molecule has 0 bridgehead atoms. The number of nitrogens with one attached hydrogen (secondary N) is 2. The molecule has 0 radical (unpaired) electrons. The number of allylic oxidation sites excluding steroid dienone is 1. The Kier molecular flexibility index (Phi) is 6.28. The van der Waals surface area contributed by atoms with E-state index in [4.69, 9.17) is 9.84 Å². The van der Waals surface area contributed by atoms with E-state index in [2.05, 4.69) is 10.6 Å². The number of nitrogens with zero attached hydrogens (tertiary/aromatic N) is 1. The van der Waals surface area contributed by atoms with E-state index in [1.165, 1.54) is 17.0 Å². The number of aliphatic hydroxyl groups is 1. The van der Waals surface area contributed by atoms with Crippen LogP contribution < -0.4 is 15.4 Å². The van der Waals surface area contributed by atoms with Gasteiger partial charge in [0.25, 0.3) is 0 Å². The van der Waals surface area contributed by atoms with E-state index in [1.807, 2.05) is 0 Å². The Labute approximate surface area is 187 Å². The van der Waals surface area contributed by atoms with Gasteiger partial charge in [-0.15, -0.1) is 0 Å². The number of halogens is 3. The molecule has 0 spiro atoms. The summed E-state index contributed by atoms with van der Waals surface area (Å²) in [4.78, 5) is 26.2. The van der Waals surface area contributed by atoms with E-state index >= 15 is 0 Å². The Balaban J connectivity index is 1.53. The van der Waals surface area contributed by atoms with E-state index in [-0.39, 0.29) is 31.5 Å². The molecule has 0 atom stereocenters. The van der Waals surface area contributed by atoms with Gasteiger partial charge < -0.3 is 25.4 Å². The molecule has 2 aromatic rings. The average molecular weight is 461 g/mol. The fraction of sp³-hybridized carbons (Fsp3) is 0.304. The van der Waals surface area contributed by atoms with Gasteiger partial charge in [0.2, 0.25) is 5.91 Å². The summed E-state index contributed by atoms with van der Waals surface area (Å²) in [5.74, 6) is -0.341. The number of anilines is 2. The molecule has 2 aliphatic heterocycles. The number of amides is 3. The van der Waals surface area contributed by atoms with Crippen LogP contribution in [0, 0.1) is 0 Å². The molecule has 4 rings (SSSR count). The fourth-order valence-corrected chi connectivity index (χ4v) is 3.83. The predicted molar refractivity (Wildman–Crippen MR) is 116 cm³/mol. The monoisotopic (exact) mass is 461 g/mol. The predicted octanol–water partition coefficient (Wildman–Crippen LogP) is 4.24. The summed E-state index contributed by atoms with van der Waals surface area (Å²) < 4.78 is 44.6. The number of β-amino-alcohol motifs (C(OH)–C–C–N with tert-alkyl or cyclic N) is 1. The smallest absolute Gasteiger partial charge is 0.416 e. The van der Waals surface area contributed by atoms with E-state index in [1.54, 1.807) is 18.2 Å². The summed E-state index contributed by atoms with van der Waals surface area (Å²) in [6.07, 6.45) is -2.08. The maximum atomic E-state index is 13.0. The number of carbonyl (C=O) groups excluding carboxylic acids is 2. The lowest BCUT2D eigenvalue weighted by molar-refractivity contribution is -0.137. The van der Waals surface area contributed by atoms with Crippen LogP contribution >= 0.6 is 0 Å². The largest absolute Gasteiger partial charge is 0.493 e. The third kappa shape index (κ3) is 5.11. The molecular formula is C23H22F3N3O4. The topological polar surface area (TPSA) is 90.9 Å². The lowest BCUT2D eigenvalue weighted by atomic mass is 9.99. The number of ether oxygens (including phenoxy) is 1. The van der Waals surface area contributed by atoms with Crippen molar-refractivity contribution in [1.29, 1.82) is 0 Å². The Morgan fingerprint density at radius 3 is 2.82 bits per heavy atom. The average Bonchev–Trinajstić information content (AvgIpc) is 2.95. The summed E-state index contributed by atoms with van der Waals surface area (Å²) >= 11 is 0. The molecule has 10 heteroatoms. The lowest BCUT2D eigenvalue weighted by Gasteiger charge is -2.29. The summed E-state index contributed by atoms with van der Waals surface area (Å²) in [7, 11) is 0. The number of alkyl halides is 3. The van der Waals surface area contributed by atoms with Gasteiger partial charge in [-0.2, -0.15) is 13.2 Å². The quantitative estimate of drug-likeness (QED) is 0.594. The molecule has 2 aliphatic rings. The normalized spacial score (nSPS) is 16.9. The first-order valence-electron chi connectivity index (χ1n) is 10.4. The minimum atomic E-state index is -4.48. The van der Waals surface area contributed by atoms with Crippen molar-refractivity contribution in [2.45, 2.75) is 25.6 Å². The van der Waals surface area contributed by atoms with Crippen molar-refractivity contribution in [2.24, 2.45) is 0 Å². The standard InChI is InChI=1S/C23H22F3N3O4/c24-23(25,26)16-4-6-18-14(2-1-9-33-20(18)11-16)10-21(31)27-17-5-3-15-13-29(7-8-30)22(32)28-19(15)12-17/h3-6,10-12,30H,1-2,7-9,13H2,(H,27,31)(H,28,32). The SMILES string of the molecule is O=C(C=C1CCCOc2cc(C(F)(F)F)ccc21)Nc1ccc2c(c1)NC(=O)N(CCO)C2. The highest BCUT2D eigenvalue weighted by Gasteiger charge is 2.32. The highest BCUT2D eigenvalue weighted by molar-refractivity contribution is 6.05. The molecule has 0 fully saturated rings. The van der Waals surface area contributed by atoms with Crippen LogP contribution in [0.15, 0.2) is 42.5 Å². The number of urea groups is 1. The number of hydrogen-bond acceptors (Lipinski definition) is 4. The first-order chi connectivity index (χ1) is 15.7. The van der Waals surface area contributed by atoms with Crippen LogP contribution in [-0.2, 0) is 17.5 Å². The van der Waals surface area contributed by atoms with Crippen LogP contribution in [0.2, 0.25) is 0 Å². The van der Waals surface area contributed by atoms with E-state index in [9.17, 15) is 22.8 Å². The molecule has 0 saturated carbocycles. The maximum absolute atomic E-state index is 13.0. The van der Waals surface area contributed by atoms with Gasteiger partial charge in [0.1, 0.15) is 5.75 Å². The zero-order valence-electron chi connectivity index (χ0n) is 17.5. The number of rotatable bonds is 4. The molecule has 3 amide bonds. The number of benzene rings is 2. The van der Waals surface area contributed by atoms with Gasteiger partial charge in [-0.05, 0) is 48.2 Å². The molecular weight excluding hydrogens is 439 g/mol. The molecule has 0 unspecified atom stereocenters. The molecule has 2 aromatic carbocycles. The van der Waals surface area contributed by atoms with Crippen LogP contribution in [-0.4, -0.2) is 41.7 Å². The number of aliphatic hydroxyl groups excluding tert-OH is 1. The van der Waals surface area contributed by atoms with Crippen molar-refractivity contribution in [1.82, 2.24) is 4.90 Å². The van der Waals surface area contributed by atoms with Crippen molar-refractivity contribution in [3.8, 4) is 5.75 Å². The Bertz CT molecular complexity index is 1110. The summed E-state index contributed by atoms with van der Waals surface area (Å²) in [5, 5.41) is 14.5. The first-order valence-corrected chi connectivity index (χ1v) is 10.4. The summed E-state index contributed by atoms with van der Waals surface area (Å²) in [6.45, 7) is 0.673. The molecule has 33 heavy (non-hydrogen) atoms. The van der Waals surface area contributed by atoms with Gasteiger partial charge in [-0.3, -0.25) is 4.79 Å². The third-order valence-electron chi connectivity index (χ3n) is 5.45. The van der Waals surface area contributed by atoms with Gasteiger partial charge in [-0.25, -0.2) is 4.79 Å². The Morgan fingerprint density at radius 2 is 2.06 bits per heavy atom. The Morgan fingerprint density at radius 1 is 1.24 bits per heavy atom. The van der Waals surface area contributed by atoms with Crippen LogP contribution in [0.5, 0.6) is 5.75 Å². The van der Waals surface area contributed by atoms with Crippen molar-refractivity contribution in [3.63, 3.8) is 0 Å². The molecule has 7 nitrogen and oxygen atoms in total. The maximum Gasteiger partial charge on any atom is 0.416 e. The van der Waals surface area contributed by atoms with Gasteiger partial charge in [0.05, 0.1) is 18.8 Å². The summed E-state index contributed by atoms with van der Waals surface area (Å²) in [6, 6.07) is 8.04. The fourth-order valence-electron chi connectivity index (χ4n) is 3.83. The third-order valence-corrected chi connectivity index (χ3v) is 5.45. The van der Waals surface area contributed by atoms with Crippen molar-refractivity contribution < 1.29 is 32.6 Å². The zero-order valence-corrected chi connectivity index (χ0v) is 17.5. The highest BCUT2D eigenvalue weighted by Crippen LogP contribution is 2.38. The molecule has 174 valence electrons. The number of hydrogen-bond donors (Lipinski definition) is 3. The second-order valence-electron chi connectivity index (χ2n) is 7.77. The summed E-state index contributed by atoms with van der Waals surface area (Å²) in [5.41, 5.74) is 2.10. The molecule has 3 N–H and O–H groups in total. The minimum absolute atomic E-state index is 0.102. The molecule has 2 heterocycles. The van der Waals surface area contributed by atoms with E-state index in [0.717, 1.165) is 17.7 Å². The van der Waals surface area contributed by atoms with Gasteiger partial charge in [0, 0.05) is 36.1 Å². The lowest BCUT2D eigenvalue weighted by Crippen LogP contribution is -2.40. The van der Waals surface area contributed by atoms with Crippen LogP contribution in [0.1, 0.15) is 29.5 Å². The second-order valence-corrected chi connectivity index (χ2v) is 7.77. The van der Waals surface area contributed by atoms with Crippen molar-refractivity contribution in [2.75, 3.05) is 30.4 Å². The van der Waals surface area contributed by atoms with E-state index < -0.39 is 17.6 Å². The van der Waals surface area contributed by atoms with Crippen LogP contribution in [0.3, 0.4) is 0 Å². The second kappa shape index (κ2) is 9.14. The first kappa shape index (κ1) is 22.7. The number of carbonyl (C=O) groups is 2. The van der Waals surface area contributed by atoms with Gasteiger partial charge in [-0.1, -0.05) is 12.1 Å². The van der Waals surface area contributed by atoms with Crippen molar-refractivity contribution in [3.05, 3.63) is 59.2 Å². The van der Waals surface area contributed by atoms with Crippen molar-refractivity contribution >= 4 is 28.9 Å². The minimum Gasteiger partial charge on any atom is -0.493 e. The molecule has 0 saturated heterocycles. The highest BCUT2D eigenvalue weighted by atomic mass is 19.4. The van der Waals surface area contributed by atoms with Crippen LogP contribution in [0.4, 0.5) is 29.3 Å². The molecule has 0 aliphatic carbocycles. The number of fused-ring (bicyclic) bond motifs is 2. The molecule has 0 aromatic heterocycles. The van der Waals surface area contributed by atoms with Gasteiger partial charge in [0.15, 0.2) is 0 Å². The Hall–Kier alpha value is -3.53. The zero-order chi connectivity index (χ0) is 23.6.